The standard InChI is InChI=1S/C37H43NO18/c1-19(39)47-17-27-30(50-20(2)40)32(52-22(4)42)33(53-23(5)43)36(55-27)56-29-26(18-48-34(44)25-14-10-7-11-15-25)54-35(45)28(31(29)51-21(3)41)38-37(46)49-16-24-12-8-6-9-13-24/h6-15,26-33,35-36,45H,16-18H2,1-5H3,(H,38,46)/t26-,27-,28-,29-,30-,31-,32+,33-,35+,36+/m1/s1. The molecule has 304 valence electrons. The molecular formula is C37H43NO18. The Hall–Kier alpha value is -5.63. The third kappa shape index (κ3) is 12.4. The fourth-order valence-corrected chi connectivity index (χ4v) is 5.87. The molecule has 10 atom stereocenters. The molecule has 2 aliphatic heterocycles. The van der Waals surface area contributed by atoms with E-state index in [2.05, 4.69) is 5.32 Å². The first-order valence-electron chi connectivity index (χ1n) is 17.3. The van der Waals surface area contributed by atoms with Crippen LogP contribution in [-0.2, 0) is 77.9 Å². The van der Waals surface area contributed by atoms with Gasteiger partial charge in [-0.1, -0.05) is 48.5 Å². The maximum Gasteiger partial charge on any atom is 0.407 e. The predicted octanol–water partition coefficient (Wildman–Crippen LogP) is 1.26. The summed E-state index contributed by atoms with van der Waals surface area (Å²) in [5.41, 5.74) is 0.781. The molecule has 2 N–H and O–H groups in total. The van der Waals surface area contributed by atoms with Crippen molar-refractivity contribution in [3.8, 4) is 0 Å². The third-order valence-corrected chi connectivity index (χ3v) is 8.09. The average Bonchev–Trinajstić information content (AvgIpc) is 3.14. The minimum atomic E-state index is -1.95. The lowest BCUT2D eigenvalue weighted by atomic mass is 9.95. The highest BCUT2D eigenvalue weighted by Crippen LogP contribution is 2.34. The number of aliphatic hydroxyl groups excluding tert-OH is 1. The van der Waals surface area contributed by atoms with Crippen LogP contribution >= 0.6 is 0 Å². The van der Waals surface area contributed by atoms with Gasteiger partial charge in [0.05, 0.1) is 5.56 Å². The number of amides is 1. The first kappa shape index (κ1) is 43.1. The van der Waals surface area contributed by atoms with Crippen LogP contribution in [0, 0.1) is 0 Å². The molecule has 0 saturated carbocycles. The van der Waals surface area contributed by atoms with E-state index in [1.54, 1.807) is 48.5 Å². The molecule has 0 aromatic heterocycles. The smallest absolute Gasteiger partial charge is 0.407 e. The molecule has 0 spiro atoms. The number of hydrogen-bond donors (Lipinski definition) is 2. The van der Waals surface area contributed by atoms with Gasteiger partial charge in [-0.2, -0.15) is 0 Å². The van der Waals surface area contributed by atoms with E-state index in [0.29, 0.717) is 5.56 Å². The highest BCUT2D eigenvalue weighted by molar-refractivity contribution is 5.89. The summed E-state index contributed by atoms with van der Waals surface area (Å²) in [5.74, 6) is -5.24. The van der Waals surface area contributed by atoms with Crippen molar-refractivity contribution in [3.05, 3.63) is 71.8 Å². The summed E-state index contributed by atoms with van der Waals surface area (Å²) in [4.78, 5) is 87.6. The molecule has 0 radical (unpaired) electrons. The summed E-state index contributed by atoms with van der Waals surface area (Å²) in [6, 6.07) is 14.8. The molecule has 2 aromatic rings. The molecule has 0 unspecified atom stereocenters. The fourth-order valence-electron chi connectivity index (χ4n) is 5.87. The van der Waals surface area contributed by atoms with Gasteiger partial charge in [0.1, 0.15) is 44.2 Å². The van der Waals surface area contributed by atoms with Gasteiger partial charge in [0, 0.05) is 34.6 Å². The van der Waals surface area contributed by atoms with Crippen LogP contribution in [0.3, 0.4) is 0 Å². The number of esters is 6. The molecule has 0 bridgehead atoms. The molecule has 19 nitrogen and oxygen atoms in total. The monoisotopic (exact) mass is 789 g/mol. The number of aliphatic hydroxyl groups is 1. The molecule has 2 fully saturated rings. The zero-order chi connectivity index (χ0) is 40.9. The second kappa shape index (κ2) is 20.3. The number of nitrogens with one attached hydrogen (secondary N) is 1. The van der Waals surface area contributed by atoms with Crippen molar-refractivity contribution in [2.24, 2.45) is 0 Å². The van der Waals surface area contributed by atoms with E-state index in [1.165, 1.54) is 12.1 Å². The van der Waals surface area contributed by atoms with Crippen LogP contribution in [0.2, 0.25) is 0 Å². The van der Waals surface area contributed by atoms with Gasteiger partial charge in [0.25, 0.3) is 0 Å². The maximum atomic E-state index is 13.1. The molecule has 1 amide bonds. The van der Waals surface area contributed by atoms with Gasteiger partial charge in [0.15, 0.2) is 37.0 Å². The van der Waals surface area contributed by atoms with Crippen molar-refractivity contribution < 1.29 is 86.0 Å². The molecule has 2 aliphatic rings. The lowest BCUT2D eigenvalue weighted by molar-refractivity contribution is -0.347. The lowest BCUT2D eigenvalue weighted by Crippen LogP contribution is -2.69. The summed E-state index contributed by atoms with van der Waals surface area (Å²) in [6.07, 6.45) is -16.1. The summed E-state index contributed by atoms with van der Waals surface area (Å²) in [7, 11) is 0. The Balaban J connectivity index is 1.75. The molecular weight excluding hydrogens is 746 g/mol. The number of benzene rings is 2. The van der Waals surface area contributed by atoms with E-state index in [-0.39, 0.29) is 12.2 Å². The Labute approximate surface area is 320 Å². The van der Waals surface area contributed by atoms with E-state index in [9.17, 15) is 38.7 Å². The van der Waals surface area contributed by atoms with Gasteiger partial charge in [-0.15, -0.1) is 0 Å². The topological polar surface area (TPSA) is 244 Å². The molecule has 2 aromatic carbocycles. The predicted molar refractivity (Wildman–Crippen MR) is 184 cm³/mol. The number of ether oxygens (including phenoxy) is 10. The number of carbonyl (C=O) groups is 7. The van der Waals surface area contributed by atoms with Crippen LogP contribution in [0.15, 0.2) is 60.7 Å². The summed E-state index contributed by atoms with van der Waals surface area (Å²) in [5, 5.41) is 13.6. The highest BCUT2D eigenvalue weighted by Gasteiger charge is 2.57. The molecule has 4 rings (SSSR count). The lowest BCUT2D eigenvalue weighted by Gasteiger charge is -2.48. The zero-order valence-electron chi connectivity index (χ0n) is 31.1. The van der Waals surface area contributed by atoms with Crippen LogP contribution in [-0.4, -0.2) is 122 Å². The highest BCUT2D eigenvalue weighted by atomic mass is 16.8. The quantitative estimate of drug-likeness (QED) is 0.202. The van der Waals surface area contributed by atoms with E-state index in [0.717, 1.165) is 34.6 Å². The van der Waals surface area contributed by atoms with Crippen LogP contribution in [0.4, 0.5) is 4.79 Å². The zero-order valence-corrected chi connectivity index (χ0v) is 31.1. The summed E-state index contributed by atoms with van der Waals surface area (Å²) < 4.78 is 56.1. The van der Waals surface area contributed by atoms with Crippen LogP contribution in [0.25, 0.3) is 0 Å². The molecule has 56 heavy (non-hydrogen) atoms. The Bertz CT molecular complexity index is 1690. The molecule has 19 heteroatoms. The number of rotatable bonds is 14. The van der Waals surface area contributed by atoms with Crippen molar-refractivity contribution in [1.82, 2.24) is 5.32 Å². The second-order valence-corrected chi connectivity index (χ2v) is 12.5. The van der Waals surface area contributed by atoms with E-state index < -0.39 is 116 Å². The molecule has 2 heterocycles. The number of hydrogen-bond acceptors (Lipinski definition) is 18. The van der Waals surface area contributed by atoms with Crippen molar-refractivity contribution in [3.63, 3.8) is 0 Å². The minimum absolute atomic E-state index is 0.151. The van der Waals surface area contributed by atoms with Crippen LogP contribution in [0.5, 0.6) is 0 Å². The number of alkyl carbamates (subject to hydrolysis) is 1. The van der Waals surface area contributed by atoms with E-state index in [4.69, 9.17) is 47.4 Å². The van der Waals surface area contributed by atoms with Gasteiger partial charge in [-0.25, -0.2) is 9.59 Å². The maximum absolute atomic E-state index is 13.1. The van der Waals surface area contributed by atoms with Crippen LogP contribution in [0.1, 0.15) is 50.5 Å². The van der Waals surface area contributed by atoms with E-state index in [1.807, 2.05) is 0 Å². The first-order valence-corrected chi connectivity index (χ1v) is 17.3. The second-order valence-electron chi connectivity index (χ2n) is 12.5. The van der Waals surface area contributed by atoms with Gasteiger partial charge >= 0.3 is 41.9 Å². The van der Waals surface area contributed by atoms with Gasteiger partial charge < -0.3 is 57.8 Å². The van der Waals surface area contributed by atoms with Gasteiger partial charge in [0.2, 0.25) is 0 Å². The Morgan fingerprint density at radius 3 is 1.70 bits per heavy atom. The fraction of sp³-hybridized carbons (Fsp3) is 0.486. The molecule has 2 saturated heterocycles. The SMILES string of the molecule is CC(=O)OC[C@H]1O[C@@H](O[C@H]2[C@H](OC(C)=O)[C@@H](NC(=O)OCc3ccccc3)[C@@H](O)O[C@@H]2COC(=O)c2ccccc2)[C@H](OC(C)=O)[C@@H](OC(C)=O)[C@@H]1OC(C)=O. The first-order chi connectivity index (χ1) is 26.6. The normalized spacial score (nSPS) is 27.0. The Morgan fingerprint density at radius 1 is 0.589 bits per heavy atom. The van der Waals surface area contributed by atoms with Gasteiger partial charge in [-0.05, 0) is 17.7 Å². The largest absolute Gasteiger partial charge is 0.463 e. The number of carbonyl (C=O) groups excluding carboxylic acids is 7. The minimum Gasteiger partial charge on any atom is -0.463 e. The Morgan fingerprint density at radius 2 is 1.11 bits per heavy atom. The van der Waals surface area contributed by atoms with Crippen molar-refractivity contribution in [2.45, 2.75) is 103 Å². The van der Waals surface area contributed by atoms with E-state index >= 15 is 0 Å². The van der Waals surface area contributed by atoms with Crippen LogP contribution < -0.4 is 5.32 Å². The van der Waals surface area contributed by atoms with Crippen molar-refractivity contribution in [1.29, 1.82) is 0 Å². The van der Waals surface area contributed by atoms with Gasteiger partial charge in [-0.3, -0.25) is 24.0 Å². The third-order valence-electron chi connectivity index (χ3n) is 8.09. The average molecular weight is 790 g/mol. The van der Waals surface area contributed by atoms with Crippen molar-refractivity contribution in [2.75, 3.05) is 13.2 Å². The molecule has 0 aliphatic carbocycles. The van der Waals surface area contributed by atoms with Crippen molar-refractivity contribution >= 4 is 41.9 Å². The summed E-state index contributed by atoms with van der Waals surface area (Å²) in [6.45, 7) is 3.77. The summed E-state index contributed by atoms with van der Waals surface area (Å²) >= 11 is 0. The Kier molecular flexibility index (Phi) is 15.7.